The fourth-order valence-corrected chi connectivity index (χ4v) is 0.249. The first-order chi connectivity index (χ1) is 5.18. The molecule has 0 fully saturated rings. The van der Waals surface area contributed by atoms with Crippen molar-refractivity contribution in [2.75, 3.05) is 0 Å². The maximum Gasteiger partial charge on any atom is 2.00 e. The van der Waals surface area contributed by atoms with Gasteiger partial charge in [0.2, 0.25) is 0 Å². The Morgan fingerprint density at radius 3 is 1.46 bits per heavy atom. The third-order valence-electron chi connectivity index (χ3n) is 0.714. The van der Waals surface area contributed by atoms with Crippen molar-refractivity contribution in [3.8, 4) is 0 Å². The summed E-state index contributed by atoms with van der Waals surface area (Å²) in [6.45, 7) is 2.95. The molecule has 8 heteroatoms. The van der Waals surface area contributed by atoms with E-state index in [4.69, 9.17) is 17.5 Å². The van der Waals surface area contributed by atoms with Crippen LogP contribution in [0.2, 0.25) is 0 Å². The Morgan fingerprint density at radius 2 is 1.46 bits per heavy atom. The zero-order chi connectivity index (χ0) is 10.4. The number of hydrogen-bond acceptors (Lipinski definition) is 6. The molecule has 0 aromatic heterocycles. The molecule has 0 rings (SSSR count). The Labute approximate surface area is 86.8 Å². The summed E-state index contributed by atoms with van der Waals surface area (Å²) in [4.78, 5) is 20.2. The molecule has 1 radical (unpaired) electrons. The van der Waals surface area contributed by atoms with Gasteiger partial charge in [-0.05, 0) is 0 Å². The predicted molar refractivity (Wildman–Crippen MR) is 36.5 cm³/mol. The Balaban J connectivity index is -0.000000150. The van der Waals surface area contributed by atoms with E-state index in [-0.39, 0.29) is 28.6 Å². The van der Waals surface area contributed by atoms with Crippen molar-refractivity contribution >= 4 is 22.0 Å². The maximum absolute atomic E-state index is 10.2. The normalized spacial score (nSPS) is 8.92. The SMILES string of the molecule is CCC(=O)C(C)=O.O=S(=O)([O-])[O-].[Cu+2]. The Bertz CT molecular complexity index is 248. The minimum absolute atomic E-state index is 0. The molecule has 0 bridgehead atoms. The van der Waals surface area contributed by atoms with Crippen molar-refractivity contribution < 1.29 is 44.2 Å². The van der Waals surface area contributed by atoms with Crippen molar-refractivity contribution in [1.82, 2.24) is 0 Å². The third-order valence-corrected chi connectivity index (χ3v) is 0.714. The molecular formula is C5H8CuO6S. The van der Waals surface area contributed by atoms with Gasteiger partial charge in [0.15, 0.2) is 11.6 Å². The van der Waals surface area contributed by atoms with Gasteiger partial charge in [0.05, 0.1) is 0 Å². The second-order valence-electron chi connectivity index (χ2n) is 1.74. The fraction of sp³-hybridized carbons (Fsp3) is 0.600. The summed E-state index contributed by atoms with van der Waals surface area (Å²) in [6, 6.07) is 0. The average molecular weight is 260 g/mol. The van der Waals surface area contributed by atoms with Gasteiger partial charge in [-0.15, -0.1) is 0 Å². The smallest absolute Gasteiger partial charge is 0.759 e. The van der Waals surface area contributed by atoms with E-state index in [0.717, 1.165) is 0 Å². The molecule has 0 aromatic rings. The van der Waals surface area contributed by atoms with Gasteiger partial charge in [0, 0.05) is 23.7 Å². The molecule has 0 aliphatic carbocycles. The molecule has 0 amide bonds. The number of ketones is 2. The second kappa shape index (κ2) is 8.33. The monoisotopic (exact) mass is 259 g/mol. The first-order valence-electron chi connectivity index (χ1n) is 2.89. The maximum atomic E-state index is 10.2. The van der Waals surface area contributed by atoms with Crippen molar-refractivity contribution in [2.45, 2.75) is 20.3 Å². The van der Waals surface area contributed by atoms with Gasteiger partial charge in [-0.25, -0.2) is 0 Å². The number of Topliss-reactive ketones (excluding diaryl/α,β-unsaturated/α-hetero) is 2. The van der Waals surface area contributed by atoms with E-state index in [1.54, 1.807) is 6.92 Å². The van der Waals surface area contributed by atoms with Crippen LogP contribution in [0, 0.1) is 0 Å². The Hall–Kier alpha value is -0.271. The van der Waals surface area contributed by atoms with E-state index < -0.39 is 10.4 Å². The van der Waals surface area contributed by atoms with E-state index in [0.29, 0.717) is 6.42 Å². The van der Waals surface area contributed by atoms with Crippen LogP contribution in [0.3, 0.4) is 0 Å². The van der Waals surface area contributed by atoms with Crippen LogP contribution >= 0.6 is 0 Å². The first-order valence-corrected chi connectivity index (χ1v) is 4.22. The van der Waals surface area contributed by atoms with Gasteiger partial charge < -0.3 is 9.11 Å². The van der Waals surface area contributed by atoms with Crippen molar-refractivity contribution in [3.63, 3.8) is 0 Å². The molecule has 81 valence electrons. The van der Waals surface area contributed by atoms with Gasteiger partial charge in [-0.1, -0.05) is 6.92 Å². The Kier molecular flexibility index (Phi) is 11.9. The molecule has 0 saturated heterocycles. The zero-order valence-corrected chi connectivity index (χ0v) is 8.62. The fourth-order valence-electron chi connectivity index (χ4n) is 0.249. The van der Waals surface area contributed by atoms with E-state index in [1.165, 1.54) is 6.92 Å². The van der Waals surface area contributed by atoms with E-state index >= 15 is 0 Å². The van der Waals surface area contributed by atoms with Crippen molar-refractivity contribution in [1.29, 1.82) is 0 Å². The molecule has 0 atom stereocenters. The minimum atomic E-state index is -5.17. The molecule has 0 aliphatic rings. The first kappa shape index (κ1) is 18.5. The van der Waals surface area contributed by atoms with Crippen LogP contribution in [0.5, 0.6) is 0 Å². The summed E-state index contributed by atoms with van der Waals surface area (Å²) in [7, 11) is -5.17. The standard InChI is InChI=1S/C5H8O2.Cu.H2O4S/c1-3-5(7)4(2)6;;1-5(2,3)4/h3H2,1-2H3;;(H2,1,2,3,4)/q;+2;/p-2. The molecule has 0 aromatic carbocycles. The van der Waals surface area contributed by atoms with Gasteiger partial charge in [0.25, 0.3) is 0 Å². The van der Waals surface area contributed by atoms with Crippen LogP contribution < -0.4 is 0 Å². The van der Waals surface area contributed by atoms with Crippen LogP contribution in [0.4, 0.5) is 0 Å². The minimum Gasteiger partial charge on any atom is -0.759 e. The van der Waals surface area contributed by atoms with Crippen molar-refractivity contribution in [3.05, 3.63) is 0 Å². The van der Waals surface area contributed by atoms with E-state index in [2.05, 4.69) is 0 Å². The number of carbonyl (C=O) groups is 2. The van der Waals surface area contributed by atoms with Gasteiger partial charge >= 0.3 is 17.1 Å². The predicted octanol–water partition coefficient (Wildman–Crippen LogP) is -0.786. The quantitative estimate of drug-likeness (QED) is 0.278. The van der Waals surface area contributed by atoms with Crippen LogP contribution in [0.15, 0.2) is 0 Å². The van der Waals surface area contributed by atoms with E-state index in [1.807, 2.05) is 0 Å². The molecule has 0 saturated carbocycles. The molecule has 13 heavy (non-hydrogen) atoms. The Morgan fingerprint density at radius 1 is 1.23 bits per heavy atom. The third kappa shape index (κ3) is 33.8. The van der Waals surface area contributed by atoms with Crippen LogP contribution in [0.25, 0.3) is 0 Å². The van der Waals surface area contributed by atoms with Crippen molar-refractivity contribution in [2.24, 2.45) is 0 Å². The summed E-state index contributed by atoms with van der Waals surface area (Å²) in [5.41, 5.74) is 0. The molecule has 6 nitrogen and oxygen atoms in total. The largest absolute Gasteiger partial charge is 2.00 e. The van der Waals surface area contributed by atoms with Gasteiger partial charge in [-0.3, -0.25) is 18.0 Å². The topological polar surface area (TPSA) is 114 Å². The van der Waals surface area contributed by atoms with Crippen LogP contribution in [0.1, 0.15) is 20.3 Å². The molecule has 0 N–H and O–H groups in total. The molecule has 0 heterocycles. The molecule has 0 spiro atoms. The summed E-state index contributed by atoms with van der Waals surface area (Å²) < 4.78 is 34.1. The van der Waals surface area contributed by atoms with Gasteiger partial charge in [0.1, 0.15) is 0 Å². The molecule has 0 unspecified atom stereocenters. The molecule has 0 aliphatic heterocycles. The van der Waals surface area contributed by atoms with Crippen LogP contribution in [-0.4, -0.2) is 29.1 Å². The van der Waals surface area contributed by atoms with Crippen LogP contribution in [-0.2, 0) is 37.1 Å². The molecular weight excluding hydrogens is 252 g/mol. The number of rotatable bonds is 2. The number of hydrogen-bond donors (Lipinski definition) is 0. The summed E-state index contributed by atoms with van der Waals surface area (Å²) in [6.07, 6.45) is 0.329. The zero-order valence-electron chi connectivity index (χ0n) is 6.87. The number of carbonyl (C=O) groups excluding carboxylic acids is 2. The summed E-state index contributed by atoms with van der Waals surface area (Å²) >= 11 is 0. The summed E-state index contributed by atoms with van der Waals surface area (Å²) in [5.74, 6) is -0.637. The van der Waals surface area contributed by atoms with Gasteiger partial charge in [-0.2, -0.15) is 0 Å². The average Bonchev–Trinajstić information content (AvgIpc) is 1.82. The summed E-state index contributed by atoms with van der Waals surface area (Å²) in [5, 5.41) is 0. The van der Waals surface area contributed by atoms with E-state index in [9.17, 15) is 9.59 Å². The second-order valence-corrected chi connectivity index (χ2v) is 2.56.